The van der Waals surface area contributed by atoms with Crippen molar-refractivity contribution in [3.05, 3.63) is 0 Å². The first-order valence-corrected chi connectivity index (χ1v) is 6.72. The summed E-state index contributed by atoms with van der Waals surface area (Å²) in [5.74, 6) is -0.863. The molecule has 0 aromatic rings. The Kier molecular flexibility index (Phi) is 8.14. The minimum atomic E-state index is -0.879. The van der Waals surface area contributed by atoms with Gasteiger partial charge in [-0.15, -0.1) is 0 Å². The smallest absolute Gasteiger partial charge is 0.317 e. The predicted molar refractivity (Wildman–Crippen MR) is 73.2 cm³/mol. The average Bonchev–Trinajstić information content (AvgIpc) is 2.41. The lowest BCUT2D eigenvalue weighted by Crippen LogP contribution is -2.48. The summed E-state index contributed by atoms with van der Waals surface area (Å²) in [6.07, 6.45) is 0.979. The largest absolute Gasteiger partial charge is 0.481 e. The van der Waals surface area contributed by atoms with Gasteiger partial charge in [-0.25, -0.2) is 4.79 Å². The maximum absolute atomic E-state index is 11.9. The van der Waals surface area contributed by atoms with Crippen LogP contribution in [0, 0.1) is 5.41 Å². The van der Waals surface area contributed by atoms with Crippen LogP contribution in [0.15, 0.2) is 0 Å². The highest BCUT2D eigenvalue weighted by atomic mass is 16.5. The fourth-order valence-corrected chi connectivity index (χ4v) is 1.84. The molecule has 0 saturated heterocycles. The highest BCUT2D eigenvalue weighted by Gasteiger charge is 2.35. The Labute approximate surface area is 115 Å². The molecule has 0 spiro atoms. The van der Waals surface area contributed by atoms with E-state index >= 15 is 0 Å². The maximum atomic E-state index is 11.9. The first-order chi connectivity index (χ1) is 8.97. The number of carboxylic acids is 1. The van der Waals surface area contributed by atoms with E-state index in [9.17, 15) is 14.7 Å². The second-order valence-electron chi connectivity index (χ2n) is 4.52. The second kappa shape index (κ2) is 8.74. The van der Waals surface area contributed by atoms with Gasteiger partial charge in [-0.2, -0.15) is 0 Å². The van der Waals surface area contributed by atoms with Gasteiger partial charge >= 0.3 is 12.0 Å². The van der Waals surface area contributed by atoms with E-state index in [-0.39, 0.29) is 12.6 Å². The Balaban J connectivity index is 4.50. The summed E-state index contributed by atoms with van der Waals surface area (Å²) in [6, 6.07) is -0.243. The van der Waals surface area contributed by atoms with Crippen molar-refractivity contribution in [2.24, 2.45) is 5.41 Å². The van der Waals surface area contributed by atoms with Gasteiger partial charge < -0.3 is 20.1 Å². The third kappa shape index (κ3) is 5.06. The van der Waals surface area contributed by atoms with Crippen molar-refractivity contribution in [1.29, 1.82) is 0 Å². The molecular formula is C13H26N2O4. The number of amides is 2. The van der Waals surface area contributed by atoms with Crippen LogP contribution in [0.5, 0.6) is 0 Å². The van der Waals surface area contributed by atoms with Crippen molar-refractivity contribution >= 4 is 12.0 Å². The molecule has 6 nitrogen and oxygen atoms in total. The number of aliphatic carboxylic acids is 1. The number of ether oxygens (including phenoxy) is 1. The molecule has 2 amide bonds. The Bertz CT molecular complexity index is 290. The standard InChI is InChI=1S/C13H26N2O4/c1-5-13(6-2,11(16)17)10-14-12(18)15(7-3)8-9-19-4/h5-10H2,1-4H3,(H,14,18)(H,16,17). The first kappa shape index (κ1) is 17.7. The monoisotopic (exact) mass is 274 g/mol. The van der Waals surface area contributed by atoms with Crippen LogP contribution in [0.2, 0.25) is 0 Å². The van der Waals surface area contributed by atoms with Crippen molar-refractivity contribution < 1.29 is 19.4 Å². The highest BCUT2D eigenvalue weighted by Crippen LogP contribution is 2.25. The molecule has 0 aromatic heterocycles. The Hall–Kier alpha value is -1.30. The van der Waals surface area contributed by atoms with E-state index in [1.807, 2.05) is 20.8 Å². The third-order valence-corrected chi connectivity index (χ3v) is 3.62. The quantitative estimate of drug-likeness (QED) is 0.668. The topological polar surface area (TPSA) is 78.9 Å². The van der Waals surface area contributed by atoms with Gasteiger partial charge in [0.15, 0.2) is 0 Å². The van der Waals surface area contributed by atoms with Crippen molar-refractivity contribution in [3.63, 3.8) is 0 Å². The zero-order valence-electron chi connectivity index (χ0n) is 12.4. The van der Waals surface area contributed by atoms with Crippen LogP contribution in [0.25, 0.3) is 0 Å². The number of rotatable bonds is 9. The molecule has 0 heterocycles. The van der Waals surface area contributed by atoms with Crippen LogP contribution in [0.3, 0.4) is 0 Å². The summed E-state index contributed by atoms with van der Waals surface area (Å²) in [5, 5.41) is 12.0. The molecule has 0 bridgehead atoms. The molecule has 0 unspecified atom stereocenters. The molecule has 6 heteroatoms. The third-order valence-electron chi connectivity index (χ3n) is 3.62. The SMILES string of the molecule is CCN(CCOC)C(=O)NCC(CC)(CC)C(=O)O. The molecule has 0 rings (SSSR count). The number of methoxy groups -OCH3 is 1. The minimum absolute atomic E-state index is 0.150. The fraction of sp³-hybridized carbons (Fsp3) is 0.846. The maximum Gasteiger partial charge on any atom is 0.317 e. The lowest BCUT2D eigenvalue weighted by Gasteiger charge is -2.29. The molecular weight excluding hydrogens is 248 g/mol. The first-order valence-electron chi connectivity index (χ1n) is 6.72. The second-order valence-corrected chi connectivity index (χ2v) is 4.52. The van der Waals surface area contributed by atoms with Gasteiger partial charge in [-0.05, 0) is 19.8 Å². The van der Waals surface area contributed by atoms with Crippen molar-refractivity contribution in [2.45, 2.75) is 33.6 Å². The van der Waals surface area contributed by atoms with Gasteiger partial charge in [0, 0.05) is 26.7 Å². The van der Waals surface area contributed by atoms with Crippen molar-refractivity contribution in [3.8, 4) is 0 Å². The molecule has 0 fully saturated rings. The van der Waals surface area contributed by atoms with Gasteiger partial charge in [0.25, 0.3) is 0 Å². The van der Waals surface area contributed by atoms with E-state index in [0.29, 0.717) is 32.5 Å². The number of nitrogens with one attached hydrogen (secondary N) is 1. The van der Waals surface area contributed by atoms with E-state index in [2.05, 4.69) is 5.32 Å². The number of carbonyl (C=O) groups is 2. The molecule has 19 heavy (non-hydrogen) atoms. The van der Waals surface area contributed by atoms with E-state index in [4.69, 9.17) is 4.74 Å². The van der Waals surface area contributed by atoms with Gasteiger partial charge in [-0.1, -0.05) is 13.8 Å². The van der Waals surface area contributed by atoms with Crippen LogP contribution in [0.4, 0.5) is 4.79 Å². The summed E-state index contributed by atoms with van der Waals surface area (Å²) in [6.45, 7) is 7.20. The van der Waals surface area contributed by atoms with Crippen molar-refractivity contribution in [1.82, 2.24) is 10.2 Å². The Morgan fingerprint density at radius 2 is 1.84 bits per heavy atom. The molecule has 0 aliphatic rings. The van der Waals surface area contributed by atoms with E-state index in [1.165, 1.54) is 0 Å². The number of hydrogen-bond acceptors (Lipinski definition) is 3. The number of likely N-dealkylation sites (N-methyl/N-ethyl adjacent to an activating group) is 1. The van der Waals surface area contributed by atoms with E-state index in [0.717, 1.165) is 0 Å². The van der Waals surface area contributed by atoms with Crippen LogP contribution in [-0.2, 0) is 9.53 Å². The molecule has 0 aliphatic carbocycles. The van der Waals surface area contributed by atoms with E-state index < -0.39 is 11.4 Å². The number of carboxylic acid groups (broad SMARTS) is 1. The lowest BCUT2D eigenvalue weighted by atomic mass is 9.82. The zero-order chi connectivity index (χ0) is 14.9. The van der Waals surface area contributed by atoms with Gasteiger partial charge in [0.05, 0.1) is 12.0 Å². The summed E-state index contributed by atoms with van der Waals surface area (Å²) in [7, 11) is 1.58. The van der Waals surface area contributed by atoms with Gasteiger partial charge in [0.2, 0.25) is 0 Å². The summed E-state index contributed by atoms with van der Waals surface area (Å²) in [4.78, 5) is 24.9. The summed E-state index contributed by atoms with van der Waals surface area (Å²) < 4.78 is 4.93. The van der Waals surface area contributed by atoms with E-state index in [1.54, 1.807) is 12.0 Å². The average molecular weight is 274 g/mol. The predicted octanol–water partition coefficient (Wildman–Crippen LogP) is 1.56. The molecule has 2 N–H and O–H groups in total. The summed E-state index contributed by atoms with van der Waals surface area (Å²) in [5.41, 5.74) is -0.879. The normalized spacial score (nSPS) is 11.2. The van der Waals surface area contributed by atoms with Gasteiger partial charge in [0.1, 0.15) is 0 Å². The molecule has 0 radical (unpaired) electrons. The van der Waals surface area contributed by atoms with Crippen LogP contribution >= 0.6 is 0 Å². The minimum Gasteiger partial charge on any atom is -0.481 e. The highest BCUT2D eigenvalue weighted by molar-refractivity contribution is 5.78. The van der Waals surface area contributed by atoms with Crippen LogP contribution in [-0.4, -0.2) is 55.4 Å². The molecule has 0 aromatic carbocycles. The molecule has 0 aliphatic heterocycles. The van der Waals surface area contributed by atoms with Crippen molar-refractivity contribution in [2.75, 3.05) is 33.4 Å². The number of urea groups is 1. The van der Waals surface area contributed by atoms with Gasteiger partial charge in [-0.3, -0.25) is 4.79 Å². The summed E-state index contributed by atoms with van der Waals surface area (Å²) >= 11 is 0. The Morgan fingerprint density at radius 1 is 1.26 bits per heavy atom. The van der Waals surface area contributed by atoms with Crippen LogP contribution < -0.4 is 5.32 Å². The Morgan fingerprint density at radius 3 is 2.21 bits per heavy atom. The number of carbonyl (C=O) groups excluding carboxylic acids is 1. The molecule has 0 saturated carbocycles. The number of hydrogen-bond donors (Lipinski definition) is 2. The lowest BCUT2D eigenvalue weighted by molar-refractivity contribution is -0.149. The van der Waals surface area contributed by atoms with Crippen LogP contribution in [0.1, 0.15) is 33.6 Å². The number of nitrogens with zero attached hydrogens (tertiary/aromatic N) is 1. The molecule has 112 valence electrons. The molecule has 0 atom stereocenters. The zero-order valence-corrected chi connectivity index (χ0v) is 12.4. The fourth-order valence-electron chi connectivity index (χ4n) is 1.84.